The highest BCUT2D eigenvalue weighted by Gasteiger charge is 2.31. The number of anilines is 1. The van der Waals surface area contributed by atoms with Crippen LogP contribution in [0.1, 0.15) is 13.8 Å². The molecule has 0 aliphatic carbocycles. The molecule has 94 valence electrons. The maximum atomic E-state index is 13.8. The number of nitrogens with one attached hydrogen (secondary N) is 1. The van der Waals surface area contributed by atoms with E-state index in [1.54, 1.807) is 19.1 Å². The van der Waals surface area contributed by atoms with Crippen LogP contribution in [0.4, 0.5) is 10.1 Å². The largest absolute Gasteiger partial charge is 0.387 e. The molecule has 1 aromatic rings. The third-order valence-electron chi connectivity index (χ3n) is 3.15. The van der Waals surface area contributed by atoms with Crippen LogP contribution in [0.15, 0.2) is 24.3 Å². The molecular weight excluding hydrogens is 219 g/mol. The van der Waals surface area contributed by atoms with Crippen molar-refractivity contribution >= 4 is 5.69 Å². The van der Waals surface area contributed by atoms with Gasteiger partial charge in [-0.15, -0.1) is 0 Å². The fraction of sp³-hybridized carbons (Fsp3) is 0.538. The number of nitrogens with zero attached hydrogens (tertiary/aromatic N) is 1. The Kier molecular flexibility index (Phi) is 3.35. The van der Waals surface area contributed by atoms with Crippen LogP contribution in [0.5, 0.6) is 0 Å². The van der Waals surface area contributed by atoms with Gasteiger partial charge in [0.2, 0.25) is 0 Å². The summed E-state index contributed by atoms with van der Waals surface area (Å²) in [5.74, 6) is -0.239. The molecule has 0 bridgehead atoms. The molecule has 4 heteroatoms. The molecule has 0 spiro atoms. The highest BCUT2D eigenvalue weighted by atomic mass is 19.1. The second kappa shape index (κ2) is 4.63. The van der Waals surface area contributed by atoms with Gasteiger partial charge in [0.25, 0.3) is 0 Å². The van der Waals surface area contributed by atoms with Gasteiger partial charge in [-0.05, 0) is 26.0 Å². The Morgan fingerprint density at radius 2 is 2.18 bits per heavy atom. The van der Waals surface area contributed by atoms with Crippen molar-refractivity contribution in [1.29, 1.82) is 0 Å². The van der Waals surface area contributed by atoms with E-state index in [9.17, 15) is 9.50 Å². The third-order valence-corrected chi connectivity index (χ3v) is 3.15. The summed E-state index contributed by atoms with van der Waals surface area (Å²) < 4.78 is 13.8. The van der Waals surface area contributed by atoms with Crippen molar-refractivity contribution in [2.75, 3.05) is 24.5 Å². The number of para-hydroxylation sites is 1. The van der Waals surface area contributed by atoms with Gasteiger partial charge in [0, 0.05) is 25.7 Å². The van der Waals surface area contributed by atoms with Crippen LogP contribution >= 0.6 is 0 Å². The van der Waals surface area contributed by atoms with E-state index in [0.717, 1.165) is 6.54 Å². The van der Waals surface area contributed by atoms with Crippen LogP contribution in [0.25, 0.3) is 0 Å². The summed E-state index contributed by atoms with van der Waals surface area (Å²) in [6.45, 7) is 5.50. The van der Waals surface area contributed by atoms with Crippen molar-refractivity contribution in [1.82, 2.24) is 5.32 Å². The molecule has 2 unspecified atom stereocenters. The van der Waals surface area contributed by atoms with Crippen molar-refractivity contribution in [3.05, 3.63) is 30.1 Å². The van der Waals surface area contributed by atoms with E-state index < -0.39 is 5.60 Å². The molecule has 0 aromatic heterocycles. The molecule has 17 heavy (non-hydrogen) atoms. The molecule has 2 N–H and O–H groups in total. The van der Waals surface area contributed by atoms with Gasteiger partial charge in [-0.3, -0.25) is 0 Å². The van der Waals surface area contributed by atoms with Gasteiger partial charge in [-0.1, -0.05) is 12.1 Å². The average molecular weight is 238 g/mol. The Bertz CT molecular complexity index is 395. The molecule has 3 nitrogen and oxygen atoms in total. The monoisotopic (exact) mass is 238 g/mol. The Hall–Kier alpha value is -1.13. The normalized spacial score (nSPS) is 30.1. The summed E-state index contributed by atoms with van der Waals surface area (Å²) >= 11 is 0. The summed E-state index contributed by atoms with van der Waals surface area (Å²) in [6.07, 6.45) is 0. The molecule has 2 atom stereocenters. The van der Waals surface area contributed by atoms with E-state index in [1.807, 2.05) is 17.9 Å². The van der Waals surface area contributed by atoms with Crippen LogP contribution in [0.2, 0.25) is 0 Å². The predicted octanol–water partition coefficient (Wildman–Crippen LogP) is 1.37. The molecule has 2 rings (SSSR count). The van der Waals surface area contributed by atoms with Gasteiger partial charge in [0.15, 0.2) is 0 Å². The standard InChI is InChI=1S/C13H19FN2O/c1-10-7-15-8-13(2,17)9-16(10)12-6-4-3-5-11(12)14/h3-6,10,15,17H,7-9H2,1-2H3. The molecular formula is C13H19FN2O. The lowest BCUT2D eigenvalue weighted by molar-refractivity contribution is 0.0725. The number of hydrogen-bond donors (Lipinski definition) is 2. The van der Waals surface area contributed by atoms with E-state index in [2.05, 4.69) is 5.32 Å². The Balaban J connectivity index is 2.31. The molecule has 0 radical (unpaired) electrons. The van der Waals surface area contributed by atoms with Gasteiger partial charge in [0.1, 0.15) is 5.82 Å². The molecule has 1 heterocycles. The molecule has 1 aliphatic rings. The Morgan fingerprint density at radius 3 is 2.88 bits per heavy atom. The fourth-order valence-corrected chi connectivity index (χ4v) is 2.25. The topological polar surface area (TPSA) is 35.5 Å². The van der Waals surface area contributed by atoms with Crippen molar-refractivity contribution in [3.8, 4) is 0 Å². The van der Waals surface area contributed by atoms with Crippen molar-refractivity contribution in [2.45, 2.75) is 25.5 Å². The van der Waals surface area contributed by atoms with Gasteiger partial charge < -0.3 is 15.3 Å². The Morgan fingerprint density at radius 1 is 1.47 bits per heavy atom. The van der Waals surface area contributed by atoms with Crippen LogP contribution in [-0.4, -0.2) is 36.4 Å². The molecule has 0 saturated carbocycles. The lowest BCUT2D eigenvalue weighted by atomic mass is 10.1. The number of benzene rings is 1. The number of aliphatic hydroxyl groups is 1. The second-order valence-electron chi connectivity index (χ2n) is 5.06. The minimum absolute atomic E-state index is 0.154. The first-order chi connectivity index (χ1) is 7.99. The maximum absolute atomic E-state index is 13.8. The zero-order chi connectivity index (χ0) is 12.5. The molecule has 0 amide bonds. The number of rotatable bonds is 1. The van der Waals surface area contributed by atoms with E-state index >= 15 is 0 Å². The minimum Gasteiger partial charge on any atom is -0.387 e. The second-order valence-corrected chi connectivity index (χ2v) is 5.06. The fourth-order valence-electron chi connectivity index (χ4n) is 2.25. The van der Waals surface area contributed by atoms with Crippen molar-refractivity contribution in [3.63, 3.8) is 0 Å². The first-order valence-electron chi connectivity index (χ1n) is 5.94. The van der Waals surface area contributed by atoms with E-state index in [0.29, 0.717) is 18.8 Å². The average Bonchev–Trinajstić information content (AvgIpc) is 2.38. The maximum Gasteiger partial charge on any atom is 0.146 e. The minimum atomic E-state index is -0.840. The van der Waals surface area contributed by atoms with Gasteiger partial charge in [-0.2, -0.15) is 0 Å². The molecule has 1 aliphatic heterocycles. The highest BCUT2D eigenvalue weighted by Crippen LogP contribution is 2.24. The number of hydrogen-bond acceptors (Lipinski definition) is 3. The summed E-state index contributed by atoms with van der Waals surface area (Å²) in [4.78, 5) is 1.93. The van der Waals surface area contributed by atoms with Gasteiger partial charge in [0.05, 0.1) is 11.3 Å². The third kappa shape index (κ3) is 2.76. The van der Waals surface area contributed by atoms with E-state index in [4.69, 9.17) is 0 Å². The lowest BCUT2D eigenvalue weighted by Gasteiger charge is -2.33. The summed E-state index contributed by atoms with van der Waals surface area (Å²) in [7, 11) is 0. The zero-order valence-electron chi connectivity index (χ0n) is 10.3. The van der Waals surface area contributed by atoms with Gasteiger partial charge in [-0.25, -0.2) is 4.39 Å². The van der Waals surface area contributed by atoms with Crippen LogP contribution in [-0.2, 0) is 0 Å². The molecule has 1 aromatic carbocycles. The summed E-state index contributed by atoms with van der Waals surface area (Å²) in [5.41, 5.74) is -0.281. The van der Waals surface area contributed by atoms with E-state index in [-0.39, 0.29) is 11.9 Å². The first-order valence-corrected chi connectivity index (χ1v) is 5.94. The SMILES string of the molecule is CC1CNCC(C)(O)CN1c1ccccc1F. The summed E-state index contributed by atoms with van der Waals surface area (Å²) in [6, 6.07) is 6.86. The van der Waals surface area contributed by atoms with Crippen molar-refractivity contribution < 1.29 is 9.50 Å². The zero-order valence-corrected chi connectivity index (χ0v) is 10.3. The van der Waals surface area contributed by atoms with E-state index in [1.165, 1.54) is 6.07 Å². The van der Waals surface area contributed by atoms with Crippen LogP contribution in [0.3, 0.4) is 0 Å². The quantitative estimate of drug-likeness (QED) is 0.776. The number of β-amino-alcohol motifs (C(OH)–C–C–N with tert-alkyl or cyclic N) is 1. The van der Waals surface area contributed by atoms with Crippen molar-refractivity contribution in [2.24, 2.45) is 0 Å². The predicted molar refractivity (Wildman–Crippen MR) is 66.7 cm³/mol. The lowest BCUT2D eigenvalue weighted by Crippen LogP contribution is -2.45. The Labute approximate surface area is 101 Å². The highest BCUT2D eigenvalue weighted by molar-refractivity contribution is 5.49. The summed E-state index contributed by atoms with van der Waals surface area (Å²) in [5, 5.41) is 13.4. The molecule has 1 saturated heterocycles. The number of halogens is 1. The first kappa shape index (κ1) is 12.3. The van der Waals surface area contributed by atoms with Crippen LogP contribution < -0.4 is 10.2 Å². The smallest absolute Gasteiger partial charge is 0.146 e. The molecule has 1 fully saturated rings. The van der Waals surface area contributed by atoms with Crippen LogP contribution in [0, 0.1) is 5.82 Å². The van der Waals surface area contributed by atoms with Gasteiger partial charge >= 0.3 is 0 Å².